The summed E-state index contributed by atoms with van der Waals surface area (Å²) in [4.78, 5) is 10.9. The van der Waals surface area contributed by atoms with E-state index in [2.05, 4.69) is 13.8 Å². The van der Waals surface area contributed by atoms with E-state index in [9.17, 15) is 4.79 Å². The lowest BCUT2D eigenvalue weighted by molar-refractivity contribution is -0.122. The van der Waals surface area contributed by atoms with Crippen molar-refractivity contribution in [3.05, 3.63) is 0 Å². The van der Waals surface area contributed by atoms with E-state index in [1.54, 1.807) is 0 Å². The van der Waals surface area contributed by atoms with Crippen molar-refractivity contribution in [3.8, 4) is 0 Å². The zero-order valence-corrected chi connectivity index (χ0v) is 15.8. The summed E-state index contributed by atoms with van der Waals surface area (Å²) in [6, 6.07) is 0. The topological polar surface area (TPSA) is 37.3 Å². The Bertz CT molecular complexity index is 202. The number of Topliss-reactive ketones (excluding diaryl/α,β-unsaturated/α-hetero) is 1. The van der Waals surface area contributed by atoms with Crippen LogP contribution in [0.1, 0.15) is 111 Å². The van der Waals surface area contributed by atoms with Gasteiger partial charge in [0.25, 0.3) is 0 Å². The zero-order chi connectivity index (χ0) is 17.1. The van der Waals surface area contributed by atoms with Crippen LogP contribution in [0.25, 0.3) is 0 Å². The number of carbonyl (C=O) groups excluding carboxylic acids is 1. The number of rotatable bonds is 14. The maximum atomic E-state index is 10.9. The first-order valence-electron chi connectivity index (χ1n) is 9.73. The maximum Gasteiger partial charge on any atom is 0.135 e. The third-order valence-corrected chi connectivity index (χ3v) is 3.93. The third-order valence-electron chi connectivity index (χ3n) is 3.93. The molecule has 2 heteroatoms. The minimum Gasteiger partial charge on any atom is -0.396 e. The highest BCUT2D eigenvalue weighted by molar-refractivity contribution is 5.80. The number of carbonyl (C=O) groups is 1. The van der Waals surface area contributed by atoms with Crippen molar-refractivity contribution < 1.29 is 9.90 Å². The first kappa shape index (κ1) is 23.9. The Kier molecular flexibility index (Phi) is 22.4. The summed E-state index contributed by atoms with van der Waals surface area (Å²) in [5, 5.41) is 8.57. The molecule has 0 aliphatic carbocycles. The van der Waals surface area contributed by atoms with E-state index in [0.717, 1.165) is 25.7 Å². The van der Waals surface area contributed by atoms with Gasteiger partial charge in [0.15, 0.2) is 0 Å². The lowest BCUT2D eigenvalue weighted by Crippen LogP contribution is -2.05. The fourth-order valence-corrected chi connectivity index (χ4v) is 2.24. The van der Waals surface area contributed by atoms with E-state index in [4.69, 9.17) is 5.11 Å². The van der Waals surface area contributed by atoms with E-state index in [1.807, 2.05) is 13.8 Å². The van der Waals surface area contributed by atoms with Crippen LogP contribution in [0, 0.1) is 5.92 Å². The van der Waals surface area contributed by atoms with Crippen molar-refractivity contribution in [2.24, 2.45) is 5.92 Å². The van der Waals surface area contributed by atoms with E-state index in [-0.39, 0.29) is 5.92 Å². The van der Waals surface area contributed by atoms with Gasteiger partial charge < -0.3 is 5.11 Å². The molecular weight excluding hydrogens is 272 g/mol. The molecule has 0 fully saturated rings. The highest BCUT2D eigenvalue weighted by Crippen LogP contribution is 2.10. The Morgan fingerprint density at radius 2 is 1.14 bits per heavy atom. The molecule has 0 rings (SSSR count). The maximum absolute atomic E-state index is 10.9. The molecule has 0 bridgehead atoms. The summed E-state index contributed by atoms with van der Waals surface area (Å²) < 4.78 is 0. The molecule has 0 aromatic carbocycles. The predicted octanol–water partition coefficient (Wildman–Crippen LogP) is 6.30. The molecule has 0 atom stereocenters. The average molecular weight is 315 g/mol. The smallest absolute Gasteiger partial charge is 0.135 e. The Labute approximate surface area is 140 Å². The second kappa shape index (κ2) is 20.6. The quantitative estimate of drug-likeness (QED) is 0.382. The number of ketones is 1. The Morgan fingerprint density at radius 1 is 0.727 bits per heavy atom. The molecule has 0 saturated carbocycles. The molecule has 0 heterocycles. The molecular formula is C20H42O2. The molecule has 0 aliphatic rings. The van der Waals surface area contributed by atoms with Gasteiger partial charge in [-0.1, -0.05) is 91.9 Å². The highest BCUT2D eigenvalue weighted by Gasteiger charge is 2.04. The summed E-state index contributed by atoms with van der Waals surface area (Å²) in [5.74, 6) is 0.633. The molecule has 0 amide bonds. The van der Waals surface area contributed by atoms with Gasteiger partial charge in [-0.25, -0.2) is 0 Å². The van der Waals surface area contributed by atoms with E-state index >= 15 is 0 Å². The van der Waals surface area contributed by atoms with E-state index in [0.29, 0.717) is 12.4 Å². The first-order valence-corrected chi connectivity index (χ1v) is 9.73. The number of aliphatic hydroxyl groups excluding tert-OH is 1. The van der Waals surface area contributed by atoms with Gasteiger partial charge >= 0.3 is 0 Å². The molecule has 2 nitrogen and oxygen atoms in total. The van der Waals surface area contributed by atoms with Crippen LogP contribution in [0.15, 0.2) is 0 Å². The lowest BCUT2D eigenvalue weighted by Gasteiger charge is -2.00. The number of aliphatic hydroxyl groups is 1. The fraction of sp³-hybridized carbons (Fsp3) is 0.950. The minimum absolute atomic E-state index is 0.233. The monoisotopic (exact) mass is 314 g/mol. The molecule has 0 spiro atoms. The van der Waals surface area contributed by atoms with Crippen LogP contribution in [0.3, 0.4) is 0 Å². The van der Waals surface area contributed by atoms with Crippen molar-refractivity contribution in [1.29, 1.82) is 0 Å². The molecule has 0 aliphatic heterocycles. The molecule has 0 aromatic rings. The van der Waals surface area contributed by atoms with Crippen LogP contribution in [-0.4, -0.2) is 17.5 Å². The normalized spacial score (nSPS) is 10.5. The first-order chi connectivity index (χ1) is 10.6. The van der Waals surface area contributed by atoms with Gasteiger partial charge in [0.2, 0.25) is 0 Å². The van der Waals surface area contributed by atoms with Gasteiger partial charge in [-0.2, -0.15) is 0 Å². The van der Waals surface area contributed by atoms with E-state index < -0.39 is 0 Å². The number of unbranched alkanes of at least 4 members (excludes halogenated alkanes) is 10. The van der Waals surface area contributed by atoms with E-state index in [1.165, 1.54) is 57.8 Å². The third kappa shape index (κ3) is 21.9. The van der Waals surface area contributed by atoms with Gasteiger partial charge in [0.05, 0.1) is 0 Å². The molecule has 134 valence electrons. The van der Waals surface area contributed by atoms with Crippen molar-refractivity contribution in [1.82, 2.24) is 0 Å². The van der Waals surface area contributed by atoms with Gasteiger partial charge in [-0.05, 0) is 12.8 Å². The van der Waals surface area contributed by atoms with Crippen molar-refractivity contribution in [3.63, 3.8) is 0 Å². The summed E-state index contributed by atoms with van der Waals surface area (Å²) in [6.07, 6.45) is 16.3. The standard InChI is InChI=1S/C12H26O.C8H16O/c1-2-3-4-5-6-7-8-9-10-11-12-13;1-4-5-6-8(9)7(2)3/h13H,2-12H2,1H3;7H,4-6H2,1-3H3. The average Bonchev–Trinajstić information content (AvgIpc) is 2.51. The number of hydrogen-bond acceptors (Lipinski definition) is 2. The second-order valence-corrected chi connectivity index (χ2v) is 6.63. The van der Waals surface area contributed by atoms with Gasteiger partial charge in [-0.3, -0.25) is 4.79 Å². The largest absolute Gasteiger partial charge is 0.396 e. The van der Waals surface area contributed by atoms with Gasteiger partial charge in [0, 0.05) is 18.9 Å². The lowest BCUT2D eigenvalue weighted by atomic mass is 10.0. The van der Waals surface area contributed by atoms with Crippen LogP contribution < -0.4 is 0 Å². The second-order valence-electron chi connectivity index (χ2n) is 6.63. The summed E-state index contributed by atoms with van der Waals surface area (Å²) >= 11 is 0. The minimum atomic E-state index is 0.233. The van der Waals surface area contributed by atoms with Crippen LogP contribution in [0.5, 0.6) is 0 Å². The molecule has 0 unspecified atom stereocenters. The Hall–Kier alpha value is -0.370. The van der Waals surface area contributed by atoms with Crippen LogP contribution in [0.2, 0.25) is 0 Å². The Morgan fingerprint density at radius 3 is 1.50 bits per heavy atom. The number of hydrogen-bond donors (Lipinski definition) is 1. The molecule has 1 N–H and O–H groups in total. The van der Waals surface area contributed by atoms with Crippen LogP contribution in [0.4, 0.5) is 0 Å². The van der Waals surface area contributed by atoms with Crippen molar-refractivity contribution in [2.45, 2.75) is 111 Å². The summed E-state index contributed by atoms with van der Waals surface area (Å²) in [7, 11) is 0. The van der Waals surface area contributed by atoms with Gasteiger partial charge in [0.1, 0.15) is 5.78 Å². The van der Waals surface area contributed by atoms with Crippen molar-refractivity contribution in [2.75, 3.05) is 6.61 Å². The van der Waals surface area contributed by atoms with Crippen LogP contribution >= 0.6 is 0 Å². The molecule has 0 aromatic heterocycles. The fourth-order valence-electron chi connectivity index (χ4n) is 2.24. The summed E-state index contributed by atoms with van der Waals surface area (Å²) in [6.45, 7) is 8.65. The highest BCUT2D eigenvalue weighted by atomic mass is 16.2. The zero-order valence-electron chi connectivity index (χ0n) is 15.8. The Balaban J connectivity index is 0. The summed E-state index contributed by atoms with van der Waals surface area (Å²) in [5.41, 5.74) is 0. The predicted molar refractivity (Wildman–Crippen MR) is 98.3 cm³/mol. The molecule has 0 saturated heterocycles. The van der Waals surface area contributed by atoms with Crippen molar-refractivity contribution >= 4 is 5.78 Å². The van der Waals surface area contributed by atoms with Gasteiger partial charge in [-0.15, -0.1) is 0 Å². The molecule has 22 heavy (non-hydrogen) atoms. The van der Waals surface area contributed by atoms with Crippen LogP contribution in [-0.2, 0) is 4.79 Å². The molecule has 0 radical (unpaired) electrons. The SMILES string of the molecule is CCCCC(=O)C(C)C.CCCCCCCCCCCCO.